The van der Waals surface area contributed by atoms with Gasteiger partial charge in [0, 0.05) is 36.1 Å². The molecule has 2 aromatic carbocycles. The van der Waals surface area contributed by atoms with Crippen molar-refractivity contribution in [1.29, 1.82) is 0 Å². The second kappa shape index (κ2) is 7.77. The molecule has 4 rings (SSSR count). The number of amides is 1. The van der Waals surface area contributed by atoms with Gasteiger partial charge in [0.1, 0.15) is 0 Å². The first kappa shape index (κ1) is 18.7. The number of halogens is 1. The Kier molecular flexibility index (Phi) is 5.19. The number of hydrogen-bond donors (Lipinski definition) is 1. The van der Waals surface area contributed by atoms with Gasteiger partial charge in [-0.1, -0.05) is 34.1 Å². The van der Waals surface area contributed by atoms with Crippen LogP contribution in [0.5, 0.6) is 0 Å². The number of carbonyl (C=O) groups excluding carboxylic acids is 1. The molecule has 0 aliphatic carbocycles. The number of fused-ring (bicyclic) bond motifs is 1. The third kappa shape index (κ3) is 3.55. The van der Waals surface area contributed by atoms with Gasteiger partial charge in [0.05, 0.1) is 35.7 Å². The molecule has 1 saturated heterocycles. The Morgan fingerprint density at radius 3 is 2.64 bits per heavy atom. The first-order valence-electron chi connectivity index (χ1n) is 9.07. The van der Waals surface area contributed by atoms with Crippen LogP contribution in [0.3, 0.4) is 0 Å². The minimum atomic E-state index is -0.304. The average molecular weight is 442 g/mol. The van der Waals surface area contributed by atoms with E-state index in [1.165, 1.54) is 6.07 Å². The van der Waals surface area contributed by atoms with Gasteiger partial charge < -0.3 is 19.5 Å². The van der Waals surface area contributed by atoms with Crippen LogP contribution >= 0.6 is 15.9 Å². The third-order valence-corrected chi connectivity index (χ3v) is 5.45. The molecule has 1 aliphatic rings. The number of benzene rings is 2. The van der Waals surface area contributed by atoms with Crippen LogP contribution in [0.1, 0.15) is 10.4 Å². The topological polar surface area (TPSA) is 63.6 Å². The molecule has 28 heavy (non-hydrogen) atoms. The van der Waals surface area contributed by atoms with Crippen molar-refractivity contribution >= 4 is 44.1 Å². The first-order valence-corrected chi connectivity index (χ1v) is 9.86. The van der Waals surface area contributed by atoms with Crippen molar-refractivity contribution in [3.8, 4) is 0 Å². The first-order chi connectivity index (χ1) is 13.5. The number of para-hydroxylation sites is 1. The lowest BCUT2D eigenvalue weighted by molar-refractivity contribution is 0.102. The van der Waals surface area contributed by atoms with Gasteiger partial charge >= 0.3 is 0 Å². The Labute approximate surface area is 170 Å². The lowest BCUT2D eigenvalue weighted by Crippen LogP contribution is -2.36. The number of aryl methyl sites for hydroxylation is 1. The fourth-order valence-corrected chi connectivity index (χ4v) is 3.84. The number of carbonyl (C=O) groups is 1. The van der Waals surface area contributed by atoms with Crippen LogP contribution in [-0.2, 0) is 11.8 Å². The van der Waals surface area contributed by atoms with E-state index in [1.807, 2.05) is 42.5 Å². The van der Waals surface area contributed by atoms with Gasteiger partial charge in [-0.15, -0.1) is 0 Å². The minimum Gasteiger partial charge on any atom is -0.378 e. The van der Waals surface area contributed by atoms with Crippen LogP contribution in [0.25, 0.3) is 10.9 Å². The van der Waals surface area contributed by atoms with Gasteiger partial charge in [-0.25, -0.2) is 0 Å². The summed E-state index contributed by atoms with van der Waals surface area (Å²) in [5.74, 6) is -0.304. The van der Waals surface area contributed by atoms with E-state index in [9.17, 15) is 9.59 Å². The summed E-state index contributed by atoms with van der Waals surface area (Å²) in [7, 11) is 1.71. The van der Waals surface area contributed by atoms with Gasteiger partial charge in [-0.2, -0.15) is 0 Å². The zero-order valence-corrected chi connectivity index (χ0v) is 17.0. The predicted molar refractivity (Wildman–Crippen MR) is 114 cm³/mol. The molecule has 0 atom stereocenters. The van der Waals surface area contributed by atoms with Crippen LogP contribution < -0.4 is 15.8 Å². The molecule has 0 unspecified atom stereocenters. The Bertz CT molecular complexity index is 1100. The molecule has 1 fully saturated rings. The van der Waals surface area contributed by atoms with E-state index >= 15 is 0 Å². The number of hydrogen-bond acceptors (Lipinski definition) is 4. The number of morpholine rings is 1. The van der Waals surface area contributed by atoms with Crippen molar-refractivity contribution in [2.45, 2.75) is 0 Å². The highest BCUT2D eigenvalue weighted by Crippen LogP contribution is 2.31. The number of anilines is 2. The van der Waals surface area contributed by atoms with E-state index in [-0.39, 0.29) is 11.5 Å². The normalized spacial score (nSPS) is 14.3. The molecule has 0 radical (unpaired) electrons. The summed E-state index contributed by atoms with van der Waals surface area (Å²) < 4.78 is 7.85. The number of aromatic nitrogens is 1. The highest BCUT2D eigenvalue weighted by molar-refractivity contribution is 9.10. The molecular formula is C21H20BrN3O3. The highest BCUT2D eigenvalue weighted by atomic mass is 79.9. The Morgan fingerprint density at radius 2 is 1.86 bits per heavy atom. The van der Waals surface area contributed by atoms with Crippen LogP contribution in [0.4, 0.5) is 11.4 Å². The van der Waals surface area contributed by atoms with E-state index in [0.29, 0.717) is 24.5 Å². The number of ether oxygens (including phenoxy) is 1. The average Bonchev–Trinajstić information content (AvgIpc) is 2.71. The smallest absolute Gasteiger partial charge is 0.256 e. The Hall–Kier alpha value is -2.64. The molecule has 1 N–H and O–H groups in total. The van der Waals surface area contributed by atoms with Crippen LogP contribution in [0, 0.1) is 0 Å². The zero-order valence-electron chi connectivity index (χ0n) is 15.4. The van der Waals surface area contributed by atoms with Crippen LogP contribution in [0.15, 0.2) is 57.8 Å². The number of nitrogens with zero attached hydrogens (tertiary/aromatic N) is 2. The third-order valence-electron chi connectivity index (χ3n) is 4.96. The maximum absolute atomic E-state index is 13.1. The molecule has 1 amide bonds. The molecular weight excluding hydrogens is 422 g/mol. The molecule has 0 saturated carbocycles. The summed E-state index contributed by atoms with van der Waals surface area (Å²) in [6.07, 6.45) is 0. The molecule has 1 aromatic heterocycles. The van der Waals surface area contributed by atoms with Gasteiger partial charge in [0.25, 0.3) is 11.5 Å². The predicted octanol–water partition coefficient (Wildman–Crippen LogP) is 3.39. The fraction of sp³-hybridized carbons (Fsp3) is 0.238. The molecule has 0 bridgehead atoms. The molecule has 6 nitrogen and oxygen atoms in total. The van der Waals surface area contributed by atoms with Gasteiger partial charge in [-0.05, 0) is 24.3 Å². The SMILES string of the molecule is Cn1c(=O)cc(C(=O)Nc2cc(Br)ccc2N2CCOCC2)c2ccccc21. The van der Waals surface area contributed by atoms with Crippen molar-refractivity contribution in [3.63, 3.8) is 0 Å². The van der Waals surface area contributed by atoms with E-state index in [0.717, 1.165) is 34.2 Å². The molecule has 144 valence electrons. The molecule has 0 spiro atoms. The second-order valence-electron chi connectivity index (χ2n) is 6.69. The maximum Gasteiger partial charge on any atom is 0.256 e. The molecule has 1 aliphatic heterocycles. The summed E-state index contributed by atoms with van der Waals surface area (Å²) in [5, 5.41) is 3.74. The summed E-state index contributed by atoms with van der Waals surface area (Å²) in [5.41, 5.74) is 2.51. The van der Waals surface area contributed by atoms with Crippen molar-refractivity contribution in [1.82, 2.24) is 4.57 Å². The minimum absolute atomic E-state index is 0.216. The van der Waals surface area contributed by atoms with Crippen LogP contribution in [0.2, 0.25) is 0 Å². The van der Waals surface area contributed by atoms with Crippen molar-refractivity contribution in [2.75, 3.05) is 36.5 Å². The van der Waals surface area contributed by atoms with Crippen molar-refractivity contribution in [2.24, 2.45) is 7.05 Å². The van der Waals surface area contributed by atoms with E-state index < -0.39 is 0 Å². The second-order valence-corrected chi connectivity index (χ2v) is 7.60. The van der Waals surface area contributed by atoms with Gasteiger partial charge in [-0.3, -0.25) is 9.59 Å². The standard InChI is InChI=1S/C21H20BrN3O3/c1-24-18-5-3-2-4-15(18)16(13-20(24)26)21(27)23-17-12-14(22)6-7-19(17)25-8-10-28-11-9-25/h2-7,12-13H,8-11H2,1H3,(H,23,27). The maximum atomic E-state index is 13.1. The summed E-state index contributed by atoms with van der Waals surface area (Å²) in [6, 6.07) is 14.6. The summed E-state index contributed by atoms with van der Waals surface area (Å²) >= 11 is 3.48. The fourth-order valence-electron chi connectivity index (χ4n) is 3.48. The van der Waals surface area contributed by atoms with Crippen molar-refractivity contribution < 1.29 is 9.53 Å². The molecule has 3 aromatic rings. The molecule has 7 heteroatoms. The Balaban J connectivity index is 1.74. The summed E-state index contributed by atoms with van der Waals surface area (Å²) in [4.78, 5) is 27.6. The Morgan fingerprint density at radius 1 is 1.11 bits per heavy atom. The monoisotopic (exact) mass is 441 g/mol. The van der Waals surface area contributed by atoms with E-state index in [4.69, 9.17) is 4.74 Å². The van der Waals surface area contributed by atoms with Crippen molar-refractivity contribution in [3.05, 3.63) is 68.9 Å². The lowest BCUT2D eigenvalue weighted by Gasteiger charge is -2.30. The number of nitrogens with one attached hydrogen (secondary N) is 1. The van der Waals surface area contributed by atoms with Crippen LogP contribution in [-0.4, -0.2) is 36.8 Å². The summed E-state index contributed by atoms with van der Waals surface area (Å²) in [6.45, 7) is 2.84. The molecule has 2 heterocycles. The number of rotatable bonds is 3. The highest BCUT2D eigenvalue weighted by Gasteiger charge is 2.19. The largest absolute Gasteiger partial charge is 0.378 e. The van der Waals surface area contributed by atoms with Gasteiger partial charge in [0.2, 0.25) is 0 Å². The number of pyridine rings is 1. The lowest BCUT2D eigenvalue weighted by atomic mass is 10.1. The van der Waals surface area contributed by atoms with E-state index in [2.05, 4.69) is 26.1 Å². The zero-order chi connectivity index (χ0) is 19.7. The quantitative estimate of drug-likeness (QED) is 0.676. The van der Waals surface area contributed by atoms with E-state index in [1.54, 1.807) is 11.6 Å². The van der Waals surface area contributed by atoms with Gasteiger partial charge in [0.15, 0.2) is 0 Å².